The minimum Gasteiger partial charge on any atom is -0.341 e. The number of amides is 1. The number of benzene rings is 1. The van der Waals surface area contributed by atoms with Gasteiger partial charge in [-0.3, -0.25) is 14.9 Å². The first-order valence-corrected chi connectivity index (χ1v) is 8.60. The van der Waals surface area contributed by atoms with Gasteiger partial charge in [0.25, 0.3) is 11.6 Å². The van der Waals surface area contributed by atoms with Crippen LogP contribution < -0.4 is 0 Å². The van der Waals surface area contributed by atoms with Gasteiger partial charge in [0.1, 0.15) is 0 Å². The number of halogens is 2. The summed E-state index contributed by atoms with van der Waals surface area (Å²) in [5, 5.41) is 11.2. The van der Waals surface area contributed by atoms with Crippen LogP contribution in [0, 0.1) is 10.1 Å². The Kier molecular flexibility index (Phi) is 8.26. The van der Waals surface area contributed by atoms with Crippen LogP contribution in [0.5, 0.6) is 0 Å². The lowest BCUT2D eigenvalue weighted by molar-refractivity contribution is -0.384. The van der Waals surface area contributed by atoms with Crippen molar-refractivity contribution >= 4 is 45.2 Å². The van der Waals surface area contributed by atoms with Crippen LogP contribution >= 0.6 is 27.5 Å². The minimum atomic E-state index is -0.497. The number of carbonyl (C=O) groups excluding carboxylic acids is 1. The van der Waals surface area contributed by atoms with Crippen molar-refractivity contribution in [2.24, 2.45) is 0 Å². The van der Waals surface area contributed by atoms with Crippen molar-refractivity contribution in [1.82, 2.24) is 4.90 Å². The second kappa shape index (κ2) is 9.67. The lowest BCUT2D eigenvalue weighted by Gasteiger charge is -2.16. The Bertz CT molecular complexity index is 605. The average Bonchev–Trinajstić information content (AvgIpc) is 2.52. The topological polar surface area (TPSA) is 63.5 Å². The van der Waals surface area contributed by atoms with E-state index in [0.717, 1.165) is 25.7 Å². The van der Waals surface area contributed by atoms with E-state index in [0.29, 0.717) is 21.6 Å². The average molecular weight is 404 g/mol. The third-order valence-electron chi connectivity index (χ3n) is 3.37. The van der Waals surface area contributed by atoms with Gasteiger partial charge in [-0.1, -0.05) is 37.8 Å². The molecule has 0 atom stereocenters. The molecule has 126 valence electrons. The SMILES string of the molecule is CCCCCCN(C)C(=O)/C(Br)=C/c1cc([N+](=O)[O-])ccc1Cl. The Labute approximate surface area is 149 Å². The van der Waals surface area contributed by atoms with Crippen molar-refractivity contribution in [3.63, 3.8) is 0 Å². The van der Waals surface area contributed by atoms with Gasteiger partial charge >= 0.3 is 0 Å². The van der Waals surface area contributed by atoms with Crippen molar-refractivity contribution < 1.29 is 9.72 Å². The fourth-order valence-corrected chi connectivity index (χ4v) is 2.73. The molecule has 0 aromatic heterocycles. The first-order chi connectivity index (χ1) is 10.9. The molecule has 0 fully saturated rings. The Balaban J connectivity index is 2.80. The van der Waals surface area contributed by atoms with Gasteiger partial charge in [-0.15, -0.1) is 0 Å². The van der Waals surface area contributed by atoms with Crippen LogP contribution in [-0.4, -0.2) is 29.3 Å². The zero-order valence-electron chi connectivity index (χ0n) is 13.2. The monoisotopic (exact) mass is 402 g/mol. The number of nitrogens with zero attached hydrogens (tertiary/aromatic N) is 2. The summed E-state index contributed by atoms with van der Waals surface area (Å²) in [4.78, 5) is 24.2. The Morgan fingerprint density at radius 2 is 2.09 bits per heavy atom. The highest BCUT2D eigenvalue weighted by atomic mass is 79.9. The van der Waals surface area contributed by atoms with Crippen LogP contribution in [-0.2, 0) is 4.79 Å². The second-order valence-electron chi connectivity index (χ2n) is 5.24. The molecule has 0 aliphatic rings. The number of nitro benzene ring substituents is 1. The number of likely N-dealkylation sites (N-methyl/N-ethyl adjacent to an activating group) is 1. The zero-order chi connectivity index (χ0) is 17.4. The number of unbranched alkanes of at least 4 members (excludes halogenated alkanes) is 3. The molecule has 0 bridgehead atoms. The van der Waals surface area contributed by atoms with E-state index >= 15 is 0 Å². The minimum absolute atomic E-state index is 0.0682. The van der Waals surface area contributed by atoms with E-state index in [4.69, 9.17) is 11.6 Å². The molecule has 1 aromatic rings. The standard InChI is InChI=1S/C16H20BrClN2O3/c1-3-4-5-6-9-19(2)16(21)14(17)11-12-10-13(20(22)23)7-8-15(12)18/h7-8,10-11H,3-6,9H2,1-2H3/b14-11-. The molecule has 0 aliphatic heterocycles. The highest BCUT2D eigenvalue weighted by Crippen LogP contribution is 2.26. The molecule has 0 saturated heterocycles. The lowest BCUT2D eigenvalue weighted by atomic mass is 10.1. The smallest absolute Gasteiger partial charge is 0.270 e. The fraction of sp³-hybridized carbons (Fsp3) is 0.438. The van der Waals surface area contributed by atoms with Crippen LogP contribution in [0.25, 0.3) is 6.08 Å². The van der Waals surface area contributed by atoms with Crippen molar-refractivity contribution in [3.05, 3.63) is 43.4 Å². The Morgan fingerprint density at radius 1 is 1.39 bits per heavy atom. The van der Waals surface area contributed by atoms with Crippen LogP contribution in [0.2, 0.25) is 5.02 Å². The van der Waals surface area contributed by atoms with E-state index in [1.54, 1.807) is 11.9 Å². The molecular formula is C16H20BrClN2O3. The maximum Gasteiger partial charge on any atom is 0.270 e. The highest BCUT2D eigenvalue weighted by molar-refractivity contribution is 9.12. The molecule has 0 spiro atoms. The summed E-state index contributed by atoms with van der Waals surface area (Å²) in [5.41, 5.74) is 0.363. The summed E-state index contributed by atoms with van der Waals surface area (Å²) in [6, 6.07) is 4.12. The maximum atomic E-state index is 12.3. The first kappa shape index (κ1) is 19.6. The van der Waals surface area contributed by atoms with E-state index in [2.05, 4.69) is 22.9 Å². The quantitative estimate of drug-likeness (QED) is 0.265. The molecule has 0 aliphatic carbocycles. The van der Waals surface area contributed by atoms with Gasteiger partial charge < -0.3 is 4.90 Å². The van der Waals surface area contributed by atoms with Crippen molar-refractivity contribution in [2.45, 2.75) is 32.6 Å². The van der Waals surface area contributed by atoms with Gasteiger partial charge in [-0.2, -0.15) is 0 Å². The highest BCUT2D eigenvalue weighted by Gasteiger charge is 2.14. The molecule has 0 unspecified atom stereocenters. The summed E-state index contributed by atoms with van der Waals surface area (Å²) in [6.45, 7) is 2.81. The predicted molar refractivity (Wildman–Crippen MR) is 96.8 cm³/mol. The summed E-state index contributed by atoms with van der Waals surface area (Å²) < 4.78 is 0.317. The molecule has 0 radical (unpaired) electrons. The molecule has 0 heterocycles. The summed E-state index contributed by atoms with van der Waals surface area (Å²) in [5.74, 6) is -0.177. The molecule has 5 nitrogen and oxygen atoms in total. The number of hydrogen-bond donors (Lipinski definition) is 0. The number of rotatable bonds is 8. The first-order valence-electron chi connectivity index (χ1n) is 7.43. The number of carbonyl (C=O) groups is 1. The molecule has 1 aromatic carbocycles. The van der Waals surface area contributed by atoms with Crippen LogP contribution in [0.4, 0.5) is 5.69 Å². The molecule has 1 rings (SSSR count). The number of non-ortho nitro benzene ring substituents is 1. The molecule has 0 N–H and O–H groups in total. The van der Waals surface area contributed by atoms with E-state index in [9.17, 15) is 14.9 Å². The molecule has 1 amide bonds. The molecular weight excluding hydrogens is 384 g/mol. The molecule has 7 heteroatoms. The Hall–Kier alpha value is -1.40. The summed E-state index contributed by atoms with van der Waals surface area (Å²) in [6.07, 6.45) is 5.86. The fourth-order valence-electron chi connectivity index (χ4n) is 2.01. The van der Waals surface area contributed by atoms with Crippen LogP contribution in [0.15, 0.2) is 22.7 Å². The summed E-state index contributed by atoms with van der Waals surface area (Å²) in [7, 11) is 1.73. The zero-order valence-corrected chi connectivity index (χ0v) is 15.6. The summed E-state index contributed by atoms with van der Waals surface area (Å²) >= 11 is 9.28. The van der Waals surface area contributed by atoms with Gasteiger partial charge in [0.2, 0.25) is 0 Å². The third-order valence-corrected chi connectivity index (χ3v) is 4.28. The van der Waals surface area contributed by atoms with E-state index in [1.807, 2.05) is 0 Å². The van der Waals surface area contributed by atoms with Gasteiger partial charge in [0.15, 0.2) is 0 Å². The van der Waals surface area contributed by atoms with E-state index in [1.165, 1.54) is 24.3 Å². The lowest BCUT2D eigenvalue weighted by Crippen LogP contribution is -2.27. The Morgan fingerprint density at radius 3 is 2.70 bits per heavy atom. The van der Waals surface area contributed by atoms with Crippen molar-refractivity contribution in [2.75, 3.05) is 13.6 Å². The maximum absolute atomic E-state index is 12.3. The predicted octanol–water partition coefficient (Wildman–Crippen LogP) is 5.02. The van der Waals surface area contributed by atoms with E-state index in [-0.39, 0.29) is 11.6 Å². The van der Waals surface area contributed by atoms with Gasteiger partial charge in [-0.25, -0.2) is 0 Å². The van der Waals surface area contributed by atoms with Gasteiger partial charge in [0, 0.05) is 36.3 Å². The largest absolute Gasteiger partial charge is 0.341 e. The van der Waals surface area contributed by atoms with Crippen molar-refractivity contribution in [1.29, 1.82) is 0 Å². The van der Waals surface area contributed by atoms with E-state index < -0.39 is 4.92 Å². The van der Waals surface area contributed by atoms with Crippen LogP contribution in [0.3, 0.4) is 0 Å². The third kappa shape index (κ3) is 6.31. The van der Waals surface area contributed by atoms with Gasteiger partial charge in [0.05, 0.1) is 9.41 Å². The second-order valence-corrected chi connectivity index (χ2v) is 6.50. The number of nitro groups is 1. The van der Waals surface area contributed by atoms with Gasteiger partial charge in [-0.05, 0) is 34.5 Å². The van der Waals surface area contributed by atoms with Crippen LogP contribution in [0.1, 0.15) is 38.2 Å². The molecule has 23 heavy (non-hydrogen) atoms. The molecule has 0 saturated carbocycles. The number of hydrogen-bond acceptors (Lipinski definition) is 3. The normalized spacial score (nSPS) is 11.4. The van der Waals surface area contributed by atoms with Crippen molar-refractivity contribution in [3.8, 4) is 0 Å².